The Morgan fingerprint density at radius 2 is 1.97 bits per heavy atom. The van der Waals surface area contributed by atoms with Gasteiger partial charge in [-0.25, -0.2) is 4.98 Å². The molecule has 0 spiro atoms. The number of imidazole rings is 1. The van der Waals surface area contributed by atoms with Crippen molar-refractivity contribution in [3.05, 3.63) is 60.3 Å². The summed E-state index contributed by atoms with van der Waals surface area (Å²) in [5.74, 6) is -0.249. The number of likely N-dealkylation sites (tertiary alicyclic amines) is 1. The first-order valence-corrected chi connectivity index (χ1v) is 11.4. The topological polar surface area (TPSA) is 85.6 Å². The van der Waals surface area contributed by atoms with E-state index in [1.807, 2.05) is 0 Å². The number of rotatable bonds is 6. The van der Waals surface area contributed by atoms with Gasteiger partial charge in [0.1, 0.15) is 10.9 Å². The van der Waals surface area contributed by atoms with Crippen molar-refractivity contribution < 1.29 is 22.5 Å². The number of hydrogen-bond donors (Lipinski definition) is 1. The molecule has 0 aliphatic carbocycles. The second kappa shape index (κ2) is 9.47. The lowest BCUT2D eigenvalue weighted by atomic mass is 10.1. The number of fused-ring (bicyclic) bond motifs is 1. The number of piperidine rings is 1. The first kappa shape index (κ1) is 22.6. The van der Waals surface area contributed by atoms with Crippen molar-refractivity contribution in [2.75, 3.05) is 19.6 Å². The second-order valence-corrected chi connectivity index (χ2v) is 9.40. The number of nitrogens with one attached hydrogen (secondary N) is 1. The van der Waals surface area contributed by atoms with Crippen LogP contribution >= 0.6 is 0 Å². The highest BCUT2D eigenvalue weighted by Gasteiger charge is 2.35. The third kappa shape index (κ3) is 5.59. The highest BCUT2D eigenvalue weighted by Crippen LogP contribution is 2.26. The van der Waals surface area contributed by atoms with Gasteiger partial charge in [-0.15, -0.1) is 0 Å². The third-order valence-corrected chi connectivity index (χ3v) is 7.13. The van der Waals surface area contributed by atoms with Crippen molar-refractivity contribution in [3.8, 4) is 0 Å². The molecule has 1 fully saturated rings. The molecule has 170 valence electrons. The fourth-order valence-electron chi connectivity index (χ4n) is 3.69. The number of carbonyl (C=O) groups is 1. The van der Waals surface area contributed by atoms with Crippen LogP contribution in [0.4, 0.5) is 13.2 Å². The van der Waals surface area contributed by atoms with Gasteiger partial charge in [-0.2, -0.15) is 13.2 Å². The quantitative estimate of drug-likeness (QED) is 0.566. The van der Waals surface area contributed by atoms with E-state index >= 15 is 0 Å². The van der Waals surface area contributed by atoms with Crippen LogP contribution < -0.4 is 5.32 Å². The number of carbonyl (C=O) groups excluding carboxylic acids is 1. The van der Waals surface area contributed by atoms with Crippen molar-refractivity contribution in [2.24, 2.45) is 0 Å². The summed E-state index contributed by atoms with van der Waals surface area (Å²) in [5.41, 5.74) is 1.85. The predicted molar refractivity (Wildman–Crippen MR) is 113 cm³/mol. The van der Waals surface area contributed by atoms with E-state index in [0.717, 1.165) is 5.65 Å². The van der Waals surface area contributed by atoms with Crippen LogP contribution in [0.5, 0.6) is 0 Å². The fraction of sp³-hybridized carbons (Fsp3) is 0.381. The standard InChI is InChI=1S/C21H22F3N5O2S/c22-21(23,24)14-28-8-5-17(6-9-28)32(31)18-3-2-16(26-12-18)11-27-20(30)15-1-4-19-25-7-10-29(19)13-15/h1-4,7,10,12-13,17H,5-6,8-9,11,14H2,(H,27,30). The summed E-state index contributed by atoms with van der Waals surface area (Å²) in [4.78, 5) is 22.7. The lowest BCUT2D eigenvalue weighted by Crippen LogP contribution is -2.43. The van der Waals surface area contributed by atoms with Gasteiger partial charge in [-0.3, -0.25) is 14.7 Å². The van der Waals surface area contributed by atoms with Crippen LogP contribution in [0, 0.1) is 0 Å². The van der Waals surface area contributed by atoms with Gasteiger partial charge < -0.3 is 14.3 Å². The third-order valence-electron chi connectivity index (χ3n) is 5.35. The van der Waals surface area contributed by atoms with E-state index < -0.39 is 23.9 Å². The van der Waals surface area contributed by atoms with E-state index in [-0.39, 0.29) is 30.8 Å². The first-order chi connectivity index (χ1) is 15.3. The molecule has 7 nitrogen and oxygen atoms in total. The molecule has 3 aromatic rings. The SMILES string of the molecule is O=C(NCc1ccc([S+]([O-])C2CCN(CC(F)(F)F)CC2)cn1)c1ccc2nccn2c1. The lowest BCUT2D eigenvalue weighted by Gasteiger charge is -2.32. The minimum Gasteiger partial charge on any atom is -0.611 e. The molecule has 1 N–H and O–H groups in total. The summed E-state index contributed by atoms with van der Waals surface area (Å²) in [5, 5.41) is 2.61. The Morgan fingerprint density at radius 1 is 1.19 bits per heavy atom. The molecule has 32 heavy (non-hydrogen) atoms. The summed E-state index contributed by atoms with van der Waals surface area (Å²) >= 11 is -1.33. The van der Waals surface area contributed by atoms with Crippen LogP contribution in [-0.4, -0.2) is 60.8 Å². The van der Waals surface area contributed by atoms with Gasteiger partial charge in [0.05, 0.1) is 30.5 Å². The van der Waals surface area contributed by atoms with Gasteiger partial charge in [-0.1, -0.05) is 0 Å². The van der Waals surface area contributed by atoms with Crippen LogP contribution in [0.15, 0.2) is 53.9 Å². The van der Waals surface area contributed by atoms with Crippen LogP contribution in [0.25, 0.3) is 5.65 Å². The zero-order chi connectivity index (χ0) is 22.7. The molecule has 3 aromatic heterocycles. The Bertz CT molecular complexity index is 1070. The van der Waals surface area contributed by atoms with Crippen LogP contribution in [0.2, 0.25) is 0 Å². The smallest absolute Gasteiger partial charge is 0.401 e. The van der Waals surface area contributed by atoms with Gasteiger partial charge in [0, 0.05) is 44.5 Å². The van der Waals surface area contributed by atoms with Crippen molar-refractivity contribution in [1.82, 2.24) is 24.6 Å². The molecule has 0 radical (unpaired) electrons. The molecule has 1 aliphatic rings. The van der Waals surface area contributed by atoms with Crippen LogP contribution in [0.1, 0.15) is 28.9 Å². The largest absolute Gasteiger partial charge is 0.611 e. The molecule has 0 saturated carbocycles. The summed E-state index contributed by atoms with van der Waals surface area (Å²) in [6.07, 6.45) is 3.29. The van der Waals surface area contributed by atoms with E-state index in [1.54, 1.807) is 47.3 Å². The van der Waals surface area contributed by atoms with E-state index in [9.17, 15) is 22.5 Å². The van der Waals surface area contributed by atoms with Crippen molar-refractivity contribution in [1.29, 1.82) is 0 Å². The number of aromatic nitrogens is 3. The van der Waals surface area contributed by atoms with Crippen molar-refractivity contribution >= 4 is 22.7 Å². The van der Waals surface area contributed by atoms with E-state index in [4.69, 9.17) is 0 Å². The summed E-state index contributed by atoms with van der Waals surface area (Å²) < 4.78 is 52.1. The number of nitrogens with zero attached hydrogens (tertiary/aromatic N) is 4. The van der Waals surface area contributed by atoms with Gasteiger partial charge in [0.15, 0.2) is 4.90 Å². The Kier molecular flexibility index (Phi) is 6.68. The fourth-order valence-corrected chi connectivity index (χ4v) is 5.07. The van der Waals surface area contributed by atoms with E-state index in [2.05, 4.69) is 15.3 Å². The van der Waals surface area contributed by atoms with E-state index in [1.165, 1.54) is 11.1 Å². The Balaban J connectivity index is 1.28. The zero-order valence-electron chi connectivity index (χ0n) is 17.1. The van der Waals surface area contributed by atoms with Gasteiger partial charge in [0.2, 0.25) is 0 Å². The van der Waals surface area contributed by atoms with Crippen LogP contribution in [-0.2, 0) is 17.7 Å². The predicted octanol–water partition coefficient (Wildman–Crippen LogP) is 2.79. The molecule has 4 rings (SSSR count). The van der Waals surface area contributed by atoms with E-state index in [0.29, 0.717) is 29.0 Å². The molecule has 1 saturated heterocycles. The molecule has 1 atom stereocenters. The second-order valence-electron chi connectivity index (χ2n) is 7.67. The van der Waals surface area contributed by atoms with Crippen molar-refractivity contribution in [3.63, 3.8) is 0 Å². The van der Waals surface area contributed by atoms with Gasteiger partial charge in [-0.05, 0) is 35.4 Å². The minimum absolute atomic E-state index is 0.190. The Labute approximate surface area is 185 Å². The highest BCUT2D eigenvalue weighted by molar-refractivity contribution is 7.92. The number of pyridine rings is 2. The van der Waals surface area contributed by atoms with Gasteiger partial charge in [0.25, 0.3) is 5.91 Å². The number of amides is 1. The molecule has 0 bridgehead atoms. The maximum absolute atomic E-state index is 12.8. The molecular formula is C21H22F3N5O2S. The lowest BCUT2D eigenvalue weighted by molar-refractivity contribution is -0.147. The molecule has 4 heterocycles. The zero-order valence-corrected chi connectivity index (χ0v) is 17.9. The summed E-state index contributed by atoms with van der Waals surface area (Å²) in [6, 6.07) is 6.85. The van der Waals surface area contributed by atoms with Crippen molar-refractivity contribution in [2.45, 2.75) is 35.7 Å². The minimum atomic E-state index is -4.21. The molecule has 11 heteroatoms. The average molecular weight is 466 g/mol. The van der Waals surface area contributed by atoms with Gasteiger partial charge >= 0.3 is 6.18 Å². The highest BCUT2D eigenvalue weighted by atomic mass is 32.2. The molecule has 0 aromatic carbocycles. The maximum atomic E-state index is 12.8. The Hall–Kier alpha value is -2.63. The molecular weight excluding hydrogens is 443 g/mol. The molecule has 1 amide bonds. The summed E-state index contributed by atoms with van der Waals surface area (Å²) in [6.45, 7) is -0.162. The summed E-state index contributed by atoms with van der Waals surface area (Å²) in [7, 11) is 0. The monoisotopic (exact) mass is 465 g/mol. The van der Waals surface area contributed by atoms with Crippen LogP contribution in [0.3, 0.4) is 0 Å². The normalized spacial score (nSPS) is 16.9. The Morgan fingerprint density at radius 3 is 2.66 bits per heavy atom. The molecule has 1 unspecified atom stereocenters. The average Bonchev–Trinajstić information content (AvgIpc) is 3.25. The number of hydrogen-bond acceptors (Lipinski definition) is 5. The number of alkyl halides is 3. The first-order valence-electron chi connectivity index (χ1n) is 10.1. The maximum Gasteiger partial charge on any atom is 0.401 e. The molecule has 1 aliphatic heterocycles. The number of halogens is 3.